The summed E-state index contributed by atoms with van der Waals surface area (Å²) in [6.07, 6.45) is 0.142. The Bertz CT molecular complexity index is 206. The molecule has 0 atom stereocenters. The van der Waals surface area contributed by atoms with Crippen LogP contribution in [-0.2, 0) is 0 Å². The van der Waals surface area contributed by atoms with Gasteiger partial charge in [-0.3, -0.25) is 0 Å². The normalized spacial score (nSPS) is 18.5. The molecule has 0 saturated carbocycles. The molecule has 0 bridgehead atoms. The Morgan fingerprint density at radius 3 is 2.58 bits per heavy atom. The Morgan fingerprint density at radius 2 is 2.17 bits per heavy atom. The number of amides is 1. The van der Waals surface area contributed by atoms with Gasteiger partial charge in [-0.25, -0.2) is 0 Å². The lowest BCUT2D eigenvalue weighted by atomic mass is 10.1. The molecule has 1 rings (SSSR count). The molecule has 6 heteroatoms. The molecule has 66 valence electrons. The van der Waals surface area contributed by atoms with Gasteiger partial charge >= 0.3 is 0 Å². The van der Waals surface area contributed by atoms with Gasteiger partial charge in [0.25, 0.3) is 0 Å². The Labute approximate surface area is 69.4 Å². The van der Waals surface area contributed by atoms with Crippen LogP contribution in [0.25, 0.3) is 0 Å². The minimum atomic E-state index is -1.13. The van der Waals surface area contributed by atoms with Gasteiger partial charge in [0.1, 0.15) is 22.8 Å². The fraction of sp³-hybridized carbons (Fsp3) is 0.833. The molecule has 1 aliphatic rings. The fourth-order valence-corrected chi connectivity index (χ4v) is 1.25. The SMILES string of the molecule is N=[N+]=NC1CCN(C(=O)[O-])CC1. The van der Waals surface area contributed by atoms with E-state index in [1.54, 1.807) is 0 Å². The monoisotopic (exact) mass is 170 g/mol. The largest absolute Gasteiger partial charge is 0.530 e. The molecule has 0 spiro atoms. The van der Waals surface area contributed by atoms with E-state index in [9.17, 15) is 9.90 Å². The van der Waals surface area contributed by atoms with E-state index in [2.05, 4.69) is 10.0 Å². The van der Waals surface area contributed by atoms with Crippen molar-refractivity contribution in [1.29, 1.82) is 5.53 Å². The molecule has 0 radical (unpaired) electrons. The maximum absolute atomic E-state index is 10.3. The van der Waals surface area contributed by atoms with Gasteiger partial charge in [-0.1, -0.05) is 0 Å². The van der Waals surface area contributed by atoms with E-state index in [0.717, 1.165) is 0 Å². The number of carboxylic acid groups (broad SMARTS) is 1. The predicted octanol–water partition coefficient (Wildman–Crippen LogP) is -0.656. The van der Waals surface area contributed by atoms with Crippen molar-refractivity contribution in [2.75, 3.05) is 13.1 Å². The van der Waals surface area contributed by atoms with E-state index in [1.807, 2.05) is 0 Å². The minimum Gasteiger partial charge on any atom is -0.530 e. The second-order valence-corrected chi connectivity index (χ2v) is 2.70. The van der Waals surface area contributed by atoms with E-state index < -0.39 is 6.09 Å². The smallest absolute Gasteiger partial charge is 0.214 e. The maximum Gasteiger partial charge on any atom is 0.214 e. The number of carbonyl (C=O) groups excluding carboxylic acids is 1. The first-order valence-corrected chi connectivity index (χ1v) is 3.76. The van der Waals surface area contributed by atoms with Crippen molar-refractivity contribution in [2.45, 2.75) is 18.9 Å². The average Bonchev–Trinajstić information content (AvgIpc) is 2.06. The number of carbonyl (C=O) groups is 1. The third-order valence-electron chi connectivity index (χ3n) is 1.94. The van der Waals surface area contributed by atoms with Gasteiger partial charge in [0, 0.05) is 13.1 Å². The number of nitrogens with one attached hydrogen (secondary N) is 1. The molecule has 0 aromatic carbocycles. The van der Waals surface area contributed by atoms with E-state index >= 15 is 0 Å². The molecule has 0 unspecified atom stereocenters. The Morgan fingerprint density at radius 1 is 1.58 bits per heavy atom. The number of nitrogens with zero attached hydrogens (tertiary/aromatic N) is 3. The highest BCUT2D eigenvalue weighted by molar-refractivity contribution is 5.62. The lowest BCUT2D eigenvalue weighted by Crippen LogP contribution is -2.46. The molecular formula is C6H10N4O2. The fourth-order valence-electron chi connectivity index (χ4n) is 1.25. The van der Waals surface area contributed by atoms with Crippen LogP contribution in [-0.4, -0.2) is 30.1 Å². The number of rotatable bonds is 1. The zero-order valence-corrected chi connectivity index (χ0v) is 6.56. The van der Waals surface area contributed by atoms with Crippen molar-refractivity contribution < 1.29 is 9.90 Å². The lowest BCUT2D eigenvalue weighted by Gasteiger charge is -2.29. The zero-order chi connectivity index (χ0) is 8.97. The van der Waals surface area contributed by atoms with E-state index in [0.29, 0.717) is 25.9 Å². The third kappa shape index (κ3) is 2.03. The highest BCUT2D eigenvalue weighted by atomic mass is 16.4. The third-order valence-corrected chi connectivity index (χ3v) is 1.94. The quantitative estimate of drug-likeness (QED) is 0.418. The van der Waals surface area contributed by atoms with Crippen LogP contribution in [0, 0.1) is 5.53 Å². The molecule has 12 heavy (non-hydrogen) atoms. The van der Waals surface area contributed by atoms with E-state index in [-0.39, 0.29) is 6.04 Å². The van der Waals surface area contributed by atoms with Crippen LogP contribution in [0.4, 0.5) is 4.79 Å². The molecule has 1 saturated heterocycles. The van der Waals surface area contributed by atoms with Crippen molar-refractivity contribution in [3.8, 4) is 0 Å². The van der Waals surface area contributed by atoms with Crippen molar-refractivity contribution in [2.24, 2.45) is 5.11 Å². The Balaban J connectivity index is 2.39. The van der Waals surface area contributed by atoms with E-state index in [4.69, 9.17) is 5.53 Å². The summed E-state index contributed by atoms with van der Waals surface area (Å²) in [6, 6.07) is 0.0121. The highest BCUT2D eigenvalue weighted by Gasteiger charge is 2.21. The van der Waals surface area contributed by atoms with Gasteiger partial charge in [-0.15, -0.1) is 0 Å². The summed E-state index contributed by atoms with van der Waals surface area (Å²) in [5.41, 5.74) is 6.49. The first kappa shape index (κ1) is 8.67. The summed E-state index contributed by atoms with van der Waals surface area (Å²) in [7, 11) is 0. The van der Waals surface area contributed by atoms with Crippen molar-refractivity contribution >= 4 is 6.09 Å². The minimum absolute atomic E-state index is 0.0121. The second-order valence-electron chi connectivity index (χ2n) is 2.70. The first-order chi connectivity index (χ1) is 5.74. The van der Waals surface area contributed by atoms with Crippen LogP contribution in [0.3, 0.4) is 0 Å². The summed E-state index contributed by atoms with van der Waals surface area (Å²) in [4.78, 5) is 14.5. The van der Waals surface area contributed by atoms with Gasteiger partial charge in [0.05, 0.1) is 0 Å². The van der Waals surface area contributed by atoms with Crippen LogP contribution in [0.1, 0.15) is 12.8 Å². The number of hydrogen-bond acceptors (Lipinski definition) is 4. The Kier molecular flexibility index (Phi) is 2.76. The average molecular weight is 170 g/mol. The van der Waals surface area contributed by atoms with Crippen LogP contribution in [0.2, 0.25) is 0 Å². The number of likely N-dealkylation sites (tertiary alicyclic amines) is 1. The van der Waals surface area contributed by atoms with Crippen LogP contribution >= 0.6 is 0 Å². The lowest BCUT2D eigenvalue weighted by molar-refractivity contribution is -0.266. The van der Waals surface area contributed by atoms with Gasteiger partial charge in [0.15, 0.2) is 0 Å². The molecule has 1 amide bonds. The molecule has 1 fully saturated rings. The molecule has 0 aromatic rings. The topological polar surface area (TPSA) is 93.7 Å². The summed E-state index contributed by atoms with van der Waals surface area (Å²) in [6.45, 7) is 0.873. The summed E-state index contributed by atoms with van der Waals surface area (Å²) in [5.74, 6) is 0. The zero-order valence-electron chi connectivity index (χ0n) is 6.56. The second kappa shape index (κ2) is 3.82. The van der Waals surface area contributed by atoms with Gasteiger partial charge in [-0.2, -0.15) is 0 Å². The van der Waals surface area contributed by atoms with Gasteiger partial charge < -0.3 is 14.8 Å². The van der Waals surface area contributed by atoms with Crippen LogP contribution in [0.15, 0.2) is 5.11 Å². The maximum atomic E-state index is 10.3. The summed E-state index contributed by atoms with van der Waals surface area (Å²) in [5, 5.41) is 14.0. The van der Waals surface area contributed by atoms with Gasteiger partial charge in [0.2, 0.25) is 4.91 Å². The van der Waals surface area contributed by atoms with Gasteiger partial charge in [-0.05, 0) is 12.8 Å². The number of piperidine rings is 1. The van der Waals surface area contributed by atoms with Crippen molar-refractivity contribution in [1.82, 2.24) is 9.81 Å². The predicted molar refractivity (Wildman–Crippen MR) is 37.3 cm³/mol. The van der Waals surface area contributed by atoms with Crippen molar-refractivity contribution in [3.05, 3.63) is 0 Å². The standard InChI is InChI=1S/C6H10N4O2/c7-9-8-5-1-3-10(4-2-5)6(11)12/h5,7H,1-4H2. The molecule has 0 aliphatic carbocycles. The Hall–Kier alpha value is -1.42. The van der Waals surface area contributed by atoms with E-state index in [1.165, 1.54) is 4.90 Å². The van der Waals surface area contributed by atoms with Crippen LogP contribution < -0.4 is 10.0 Å². The molecule has 1 heterocycles. The molecule has 1 N–H and O–H groups in total. The molecule has 1 aliphatic heterocycles. The first-order valence-electron chi connectivity index (χ1n) is 3.76. The number of hydrogen-bond donors (Lipinski definition) is 1. The molecular weight excluding hydrogens is 160 g/mol. The van der Waals surface area contributed by atoms with Crippen LogP contribution in [0.5, 0.6) is 0 Å². The molecule has 0 aromatic heterocycles. The highest BCUT2D eigenvalue weighted by Crippen LogP contribution is 2.11. The van der Waals surface area contributed by atoms with Crippen molar-refractivity contribution in [3.63, 3.8) is 0 Å². The molecule has 6 nitrogen and oxygen atoms in total. The summed E-state index contributed by atoms with van der Waals surface area (Å²) < 4.78 is 0. The summed E-state index contributed by atoms with van der Waals surface area (Å²) >= 11 is 0.